The smallest absolute Gasteiger partial charge is 0.231 e. The molecule has 0 bridgehead atoms. The van der Waals surface area contributed by atoms with Crippen LogP contribution in [0.15, 0.2) is 39.5 Å². The lowest BCUT2D eigenvalue weighted by Crippen LogP contribution is -2.38. The molecule has 3 heterocycles. The summed E-state index contributed by atoms with van der Waals surface area (Å²) in [7, 11) is 0. The van der Waals surface area contributed by atoms with Crippen LogP contribution >= 0.6 is 15.9 Å². The molecule has 0 radical (unpaired) electrons. The first-order valence-corrected chi connectivity index (χ1v) is 9.84. The minimum atomic E-state index is 0.00871. The van der Waals surface area contributed by atoms with E-state index in [1.54, 1.807) is 6.33 Å². The number of piperidine rings is 1. The molecular weight excluding hydrogens is 408 g/mol. The number of fused-ring (bicyclic) bond motifs is 1. The molecule has 1 N–H and O–H groups in total. The van der Waals surface area contributed by atoms with Gasteiger partial charge in [-0.15, -0.1) is 0 Å². The largest absolute Gasteiger partial charge is 0.443 e. The Bertz CT molecular complexity index is 976. The monoisotopic (exact) mass is 428 g/mol. The minimum Gasteiger partial charge on any atom is -0.443 e. The van der Waals surface area contributed by atoms with Crippen LogP contribution in [0.1, 0.15) is 24.2 Å². The van der Waals surface area contributed by atoms with E-state index >= 15 is 0 Å². The number of carbonyl (C=O) groups excluding carboxylic acids is 1. The lowest BCUT2D eigenvalue weighted by atomic mass is 9.95. The van der Waals surface area contributed by atoms with Gasteiger partial charge in [0.1, 0.15) is 17.9 Å². The maximum atomic E-state index is 12.6. The summed E-state index contributed by atoms with van der Waals surface area (Å²) in [5.74, 6) is 1.87. The third-order valence-electron chi connectivity index (χ3n) is 5.22. The molecular formula is C20H21BrN4O2. The summed E-state index contributed by atoms with van der Waals surface area (Å²) in [6.45, 7) is 5.55. The molecule has 0 saturated carbocycles. The molecule has 1 amide bonds. The van der Waals surface area contributed by atoms with Gasteiger partial charge in [-0.3, -0.25) is 4.79 Å². The van der Waals surface area contributed by atoms with Crippen molar-refractivity contribution in [2.75, 3.05) is 23.3 Å². The number of hydrogen-bond donors (Lipinski definition) is 1. The number of rotatable bonds is 3. The van der Waals surface area contributed by atoms with Crippen LogP contribution < -0.4 is 10.2 Å². The van der Waals surface area contributed by atoms with Crippen molar-refractivity contribution in [3.63, 3.8) is 0 Å². The van der Waals surface area contributed by atoms with E-state index in [1.807, 2.05) is 38.1 Å². The third-order valence-corrected chi connectivity index (χ3v) is 5.75. The molecule has 0 unspecified atom stereocenters. The Balaban J connectivity index is 1.45. The summed E-state index contributed by atoms with van der Waals surface area (Å²) in [5, 5.41) is 4.00. The quantitative estimate of drug-likeness (QED) is 0.666. The van der Waals surface area contributed by atoms with Crippen molar-refractivity contribution >= 4 is 44.4 Å². The fourth-order valence-corrected chi connectivity index (χ4v) is 3.80. The number of hydrogen-bond acceptors (Lipinski definition) is 5. The Morgan fingerprint density at radius 1 is 1.19 bits per heavy atom. The average molecular weight is 429 g/mol. The molecule has 7 heteroatoms. The number of aryl methyl sites for hydroxylation is 2. The fourth-order valence-electron chi connectivity index (χ4n) is 3.53. The highest BCUT2D eigenvalue weighted by atomic mass is 79.9. The number of nitrogens with zero attached hydrogens (tertiary/aromatic N) is 3. The van der Waals surface area contributed by atoms with Crippen molar-refractivity contribution in [3.8, 4) is 0 Å². The number of amides is 1. The summed E-state index contributed by atoms with van der Waals surface area (Å²) >= 11 is 3.41. The molecule has 27 heavy (non-hydrogen) atoms. The summed E-state index contributed by atoms with van der Waals surface area (Å²) in [6.07, 6.45) is 3.14. The molecule has 1 aliphatic heterocycles. The lowest BCUT2D eigenvalue weighted by Gasteiger charge is -2.32. The van der Waals surface area contributed by atoms with Gasteiger partial charge < -0.3 is 14.6 Å². The summed E-state index contributed by atoms with van der Waals surface area (Å²) < 4.78 is 6.71. The average Bonchev–Trinajstić information content (AvgIpc) is 2.98. The highest BCUT2D eigenvalue weighted by Gasteiger charge is 2.27. The Kier molecular flexibility index (Phi) is 4.86. The molecule has 1 aromatic carbocycles. The van der Waals surface area contributed by atoms with Crippen LogP contribution in [0.4, 0.5) is 11.5 Å². The van der Waals surface area contributed by atoms with Gasteiger partial charge in [0.15, 0.2) is 0 Å². The first kappa shape index (κ1) is 18.0. The molecule has 3 aromatic rings. The molecule has 0 atom stereocenters. The standard InChI is InChI=1S/C20H21BrN4O2/c1-12-13(2)27-20-17(12)18(22-11-23-20)25-9-7-14(8-10-25)19(26)24-16-5-3-15(21)4-6-16/h3-6,11,14H,7-10H2,1-2H3,(H,24,26). The highest BCUT2D eigenvalue weighted by Crippen LogP contribution is 2.32. The number of anilines is 2. The maximum Gasteiger partial charge on any atom is 0.231 e. The van der Waals surface area contributed by atoms with E-state index in [0.29, 0.717) is 5.71 Å². The number of benzene rings is 1. The first-order valence-electron chi connectivity index (χ1n) is 9.05. The van der Waals surface area contributed by atoms with Crippen molar-refractivity contribution in [1.82, 2.24) is 9.97 Å². The summed E-state index contributed by atoms with van der Waals surface area (Å²) in [4.78, 5) is 23.6. The molecule has 6 nitrogen and oxygen atoms in total. The molecule has 4 rings (SSSR count). The van der Waals surface area contributed by atoms with Crippen LogP contribution in [-0.2, 0) is 4.79 Å². The van der Waals surface area contributed by atoms with Crippen molar-refractivity contribution in [3.05, 3.63) is 46.4 Å². The Morgan fingerprint density at radius 3 is 2.59 bits per heavy atom. The van der Waals surface area contributed by atoms with E-state index in [9.17, 15) is 4.79 Å². The third kappa shape index (κ3) is 3.56. The van der Waals surface area contributed by atoms with Gasteiger partial charge in [-0.2, -0.15) is 0 Å². The van der Waals surface area contributed by atoms with Gasteiger partial charge >= 0.3 is 0 Å². The molecule has 140 valence electrons. The maximum absolute atomic E-state index is 12.6. The van der Waals surface area contributed by atoms with E-state index in [2.05, 4.69) is 36.1 Å². The molecule has 0 spiro atoms. The van der Waals surface area contributed by atoms with E-state index < -0.39 is 0 Å². The normalized spacial score (nSPS) is 15.3. The fraction of sp³-hybridized carbons (Fsp3) is 0.350. The van der Waals surface area contributed by atoms with Crippen molar-refractivity contribution < 1.29 is 9.21 Å². The minimum absolute atomic E-state index is 0.00871. The van der Waals surface area contributed by atoms with Gasteiger partial charge in [0, 0.05) is 34.7 Å². The molecule has 2 aromatic heterocycles. The Hall–Kier alpha value is -2.41. The van der Waals surface area contributed by atoms with Gasteiger partial charge in [-0.25, -0.2) is 9.97 Å². The topological polar surface area (TPSA) is 71.3 Å². The Labute approximate surface area is 166 Å². The zero-order chi connectivity index (χ0) is 19.0. The number of nitrogens with one attached hydrogen (secondary N) is 1. The SMILES string of the molecule is Cc1oc2ncnc(N3CCC(C(=O)Nc4ccc(Br)cc4)CC3)c2c1C. The van der Waals surface area contributed by atoms with E-state index in [4.69, 9.17) is 4.42 Å². The number of carbonyl (C=O) groups is 1. The van der Waals surface area contributed by atoms with E-state index in [1.165, 1.54) is 0 Å². The van der Waals surface area contributed by atoms with Crippen LogP contribution in [0.25, 0.3) is 11.1 Å². The number of furan rings is 1. The number of aromatic nitrogens is 2. The second-order valence-corrected chi connectivity index (χ2v) is 7.83. The van der Waals surface area contributed by atoms with Gasteiger partial charge in [0.25, 0.3) is 0 Å². The lowest BCUT2D eigenvalue weighted by molar-refractivity contribution is -0.120. The first-order chi connectivity index (χ1) is 13.0. The van der Waals surface area contributed by atoms with Gasteiger partial charge in [-0.1, -0.05) is 15.9 Å². The molecule has 1 fully saturated rings. The van der Waals surface area contributed by atoms with Crippen molar-refractivity contribution in [2.45, 2.75) is 26.7 Å². The summed E-state index contributed by atoms with van der Waals surface area (Å²) in [6, 6.07) is 7.65. The van der Waals surface area contributed by atoms with Gasteiger partial charge in [0.2, 0.25) is 11.6 Å². The molecule has 1 aliphatic rings. The van der Waals surface area contributed by atoms with E-state index in [-0.39, 0.29) is 11.8 Å². The van der Waals surface area contributed by atoms with Crippen LogP contribution in [-0.4, -0.2) is 29.0 Å². The molecule has 0 aliphatic carbocycles. The predicted octanol–water partition coefficient (Wildman–Crippen LogP) is 4.46. The zero-order valence-electron chi connectivity index (χ0n) is 15.3. The van der Waals surface area contributed by atoms with Crippen LogP contribution in [0.5, 0.6) is 0 Å². The van der Waals surface area contributed by atoms with Crippen LogP contribution in [0.3, 0.4) is 0 Å². The van der Waals surface area contributed by atoms with Crippen LogP contribution in [0.2, 0.25) is 0 Å². The zero-order valence-corrected chi connectivity index (χ0v) is 16.9. The second-order valence-electron chi connectivity index (χ2n) is 6.92. The molecule has 1 saturated heterocycles. The van der Waals surface area contributed by atoms with Gasteiger partial charge in [0.05, 0.1) is 5.39 Å². The highest BCUT2D eigenvalue weighted by molar-refractivity contribution is 9.10. The van der Waals surface area contributed by atoms with Gasteiger partial charge in [-0.05, 0) is 51.0 Å². The van der Waals surface area contributed by atoms with E-state index in [0.717, 1.165) is 58.6 Å². The number of halogens is 1. The summed E-state index contributed by atoms with van der Waals surface area (Å²) in [5.41, 5.74) is 2.54. The van der Waals surface area contributed by atoms with Crippen LogP contribution in [0, 0.1) is 19.8 Å². The Morgan fingerprint density at radius 2 is 1.89 bits per heavy atom. The predicted molar refractivity (Wildman–Crippen MR) is 109 cm³/mol. The van der Waals surface area contributed by atoms with Crippen molar-refractivity contribution in [2.24, 2.45) is 5.92 Å². The second kappa shape index (κ2) is 7.31. The van der Waals surface area contributed by atoms with Crippen molar-refractivity contribution in [1.29, 1.82) is 0 Å².